The van der Waals surface area contributed by atoms with E-state index in [1.54, 1.807) is 6.07 Å². The highest BCUT2D eigenvalue weighted by molar-refractivity contribution is 5.51. The highest BCUT2D eigenvalue weighted by Crippen LogP contribution is 2.41. The molecule has 0 saturated heterocycles. The number of benzene rings is 2. The average molecular weight is 541 g/mol. The third-order valence-corrected chi connectivity index (χ3v) is 9.08. The highest BCUT2D eigenvalue weighted by atomic mass is 19.2. The first-order chi connectivity index (χ1) is 19.0. The van der Waals surface area contributed by atoms with Crippen LogP contribution in [0.5, 0.6) is 5.75 Å². The zero-order chi connectivity index (χ0) is 27.6. The normalized spacial score (nSPS) is 23.8. The van der Waals surface area contributed by atoms with Gasteiger partial charge in [-0.15, -0.1) is 0 Å². The van der Waals surface area contributed by atoms with Crippen molar-refractivity contribution >= 4 is 6.08 Å². The molecule has 2 saturated carbocycles. The second kappa shape index (κ2) is 15.0. The molecular weight excluding hydrogens is 493 g/mol. The van der Waals surface area contributed by atoms with E-state index in [1.165, 1.54) is 31.7 Å². The Balaban J connectivity index is 1.24. The van der Waals surface area contributed by atoms with Crippen molar-refractivity contribution < 1.29 is 17.9 Å². The molecule has 0 unspecified atom stereocenters. The van der Waals surface area contributed by atoms with Crippen molar-refractivity contribution in [3.05, 3.63) is 70.5 Å². The number of hydrogen-bond acceptors (Lipinski definition) is 1. The van der Waals surface area contributed by atoms with Gasteiger partial charge in [-0.05, 0) is 97.4 Å². The first-order valence-corrected chi connectivity index (χ1v) is 15.5. The zero-order valence-electron chi connectivity index (χ0n) is 24.0. The van der Waals surface area contributed by atoms with Gasteiger partial charge in [0.1, 0.15) is 0 Å². The van der Waals surface area contributed by atoms with Gasteiger partial charge in [-0.3, -0.25) is 0 Å². The van der Waals surface area contributed by atoms with Gasteiger partial charge in [0.15, 0.2) is 23.2 Å². The predicted molar refractivity (Wildman–Crippen MR) is 156 cm³/mol. The van der Waals surface area contributed by atoms with Crippen LogP contribution in [-0.4, -0.2) is 6.61 Å². The van der Waals surface area contributed by atoms with E-state index in [9.17, 15) is 4.39 Å². The summed E-state index contributed by atoms with van der Waals surface area (Å²) >= 11 is 0. The lowest BCUT2D eigenvalue weighted by Gasteiger charge is -2.29. The Kier molecular flexibility index (Phi) is 11.4. The molecule has 0 amide bonds. The summed E-state index contributed by atoms with van der Waals surface area (Å²) in [6.45, 7) is 5.00. The van der Waals surface area contributed by atoms with Gasteiger partial charge in [0.05, 0.1) is 6.61 Å². The number of unbranched alkanes of at least 4 members (excludes halogenated alkanes) is 5. The summed E-state index contributed by atoms with van der Waals surface area (Å²) in [5.74, 6) is 0.0144. The van der Waals surface area contributed by atoms with Crippen LogP contribution >= 0.6 is 0 Å². The molecule has 0 heterocycles. The molecule has 0 atom stereocenters. The molecule has 2 aliphatic carbocycles. The highest BCUT2D eigenvalue weighted by Gasteiger charge is 2.28. The lowest BCUT2D eigenvalue weighted by atomic mass is 9.76. The van der Waals surface area contributed by atoms with Crippen molar-refractivity contribution in [2.75, 3.05) is 6.61 Å². The van der Waals surface area contributed by atoms with E-state index in [1.807, 2.05) is 24.3 Å². The lowest BCUT2D eigenvalue weighted by molar-refractivity contribution is 0.290. The SMILES string of the molecule is CCCCCCCCOc1ccc(/C=C/C2CCC(c3ccc(C4CCC(C)CC4)c(F)c3F)CC2)cc1F. The largest absolute Gasteiger partial charge is 0.491 e. The summed E-state index contributed by atoms with van der Waals surface area (Å²) < 4.78 is 50.4. The van der Waals surface area contributed by atoms with Crippen molar-refractivity contribution in [1.29, 1.82) is 0 Å². The first-order valence-electron chi connectivity index (χ1n) is 15.5. The van der Waals surface area contributed by atoms with Crippen molar-refractivity contribution in [3.63, 3.8) is 0 Å². The molecular formula is C35H47F3O. The molecule has 0 N–H and O–H groups in total. The van der Waals surface area contributed by atoms with Crippen LogP contribution in [0.3, 0.4) is 0 Å². The van der Waals surface area contributed by atoms with Gasteiger partial charge in [-0.1, -0.05) is 89.1 Å². The van der Waals surface area contributed by atoms with Crippen LogP contribution < -0.4 is 4.74 Å². The third kappa shape index (κ3) is 8.38. The molecule has 2 aromatic rings. The maximum atomic E-state index is 15.1. The second-order valence-corrected chi connectivity index (χ2v) is 12.1. The Morgan fingerprint density at radius 3 is 1.95 bits per heavy atom. The van der Waals surface area contributed by atoms with Crippen molar-refractivity contribution in [2.45, 2.75) is 116 Å². The predicted octanol–water partition coefficient (Wildman–Crippen LogP) is 11.1. The molecule has 0 bridgehead atoms. The van der Waals surface area contributed by atoms with Crippen molar-refractivity contribution in [3.8, 4) is 5.75 Å². The molecule has 0 aliphatic heterocycles. The maximum Gasteiger partial charge on any atom is 0.165 e. The molecule has 39 heavy (non-hydrogen) atoms. The average Bonchev–Trinajstić information content (AvgIpc) is 2.95. The van der Waals surface area contributed by atoms with Crippen LogP contribution in [0.1, 0.15) is 132 Å². The van der Waals surface area contributed by atoms with Gasteiger partial charge in [-0.2, -0.15) is 0 Å². The van der Waals surface area contributed by atoms with E-state index in [-0.39, 0.29) is 17.7 Å². The minimum atomic E-state index is -0.626. The quantitative estimate of drug-likeness (QED) is 0.243. The Labute approximate surface area is 234 Å². The fourth-order valence-electron chi connectivity index (χ4n) is 6.45. The lowest BCUT2D eigenvalue weighted by Crippen LogP contribution is -2.16. The number of hydrogen-bond donors (Lipinski definition) is 0. The van der Waals surface area contributed by atoms with E-state index in [2.05, 4.69) is 19.9 Å². The molecule has 4 heteroatoms. The Morgan fingerprint density at radius 2 is 1.33 bits per heavy atom. The van der Waals surface area contributed by atoms with Crippen molar-refractivity contribution in [1.82, 2.24) is 0 Å². The van der Waals surface area contributed by atoms with Gasteiger partial charge in [0.25, 0.3) is 0 Å². The van der Waals surface area contributed by atoms with Crippen LogP contribution in [0.4, 0.5) is 13.2 Å². The number of rotatable bonds is 12. The van der Waals surface area contributed by atoms with Crippen molar-refractivity contribution in [2.24, 2.45) is 11.8 Å². The Hall–Kier alpha value is -2.23. The summed E-state index contributed by atoms with van der Waals surface area (Å²) in [5.41, 5.74) is 1.94. The Bertz CT molecular complexity index is 1060. The van der Waals surface area contributed by atoms with E-state index in [4.69, 9.17) is 4.74 Å². The molecule has 4 rings (SSSR count). The standard InChI is InChI=1S/C35H47F3O/c1-3-4-5-6-7-8-23-39-33-22-15-27(24-32(33)36)12-11-26-13-18-29(19-14-26)31-21-20-30(34(37)35(31)38)28-16-9-25(2)10-17-28/h11-12,15,20-22,24-26,28-29H,3-10,13-14,16-19,23H2,1-2H3/b12-11+. The molecule has 1 nitrogen and oxygen atoms in total. The number of ether oxygens (including phenoxy) is 1. The molecule has 0 radical (unpaired) electrons. The van der Waals surface area contributed by atoms with Crippen LogP contribution in [0.15, 0.2) is 36.4 Å². The topological polar surface area (TPSA) is 9.23 Å². The first kappa shape index (κ1) is 29.7. The van der Waals surface area contributed by atoms with E-state index in [0.717, 1.165) is 69.8 Å². The third-order valence-electron chi connectivity index (χ3n) is 9.08. The van der Waals surface area contributed by atoms with Gasteiger partial charge in [0.2, 0.25) is 0 Å². The fourth-order valence-corrected chi connectivity index (χ4v) is 6.45. The smallest absolute Gasteiger partial charge is 0.165 e. The monoisotopic (exact) mass is 540 g/mol. The van der Waals surface area contributed by atoms with Crippen LogP contribution in [0.2, 0.25) is 0 Å². The number of halogens is 3. The van der Waals surface area contributed by atoms with Gasteiger partial charge < -0.3 is 4.74 Å². The summed E-state index contributed by atoms with van der Waals surface area (Å²) in [7, 11) is 0. The van der Waals surface area contributed by atoms with E-state index >= 15 is 8.78 Å². The van der Waals surface area contributed by atoms with E-state index < -0.39 is 11.6 Å². The van der Waals surface area contributed by atoms with Gasteiger partial charge in [-0.25, -0.2) is 13.2 Å². The molecule has 2 aliphatic rings. The molecule has 2 fully saturated rings. The minimum Gasteiger partial charge on any atom is -0.491 e. The summed E-state index contributed by atoms with van der Waals surface area (Å²) in [6.07, 6.45) is 18.8. The van der Waals surface area contributed by atoms with Crippen LogP contribution in [-0.2, 0) is 0 Å². The van der Waals surface area contributed by atoms with Gasteiger partial charge >= 0.3 is 0 Å². The zero-order valence-corrected chi connectivity index (χ0v) is 24.0. The second-order valence-electron chi connectivity index (χ2n) is 12.1. The van der Waals surface area contributed by atoms with Gasteiger partial charge in [0, 0.05) is 0 Å². The Morgan fingerprint density at radius 1 is 0.744 bits per heavy atom. The van der Waals surface area contributed by atoms with Crippen LogP contribution in [0.25, 0.3) is 6.08 Å². The summed E-state index contributed by atoms with van der Waals surface area (Å²) in [4.78, 5) is 0. The molecule has 214 valence electrons. The number of allylic oxidation sites excluding steroid dienone is 1. The molecule has 2 aromatic carbocycles. The molecule has 0 aromatic heterocycles. The maximum absolute atomic E-state index is 15.1. The van der Waals surface area contributed by atoms with E-state index in [0.29, 0.717) is 35.3 Å². The van der Waals surface area contributed by atoms with Crippen LogP contribution in [0, 0.1) is 29.3 Å². The minimum absolute atomic E-state index is 0.0603. The summed E-state index contributed by atoms with van der Waals surface area (Å²) in [5, 5.41) is 0. The summed E-state index contributed by atoms with van der Waals surface area (Å²) in [6, 6.07) is 8.86. The molecule has 0 spiro atoms. The fraction of sp³-hybridized carbons (Fsp3) is 0.600.